The molecule has 0 unspecified atom stereocenters. The maximum atomic E-state index is 5.35. The van der Waals surface area contributed by atoms with Gasteiger partial charge in [-0.3, -0.25) is 0 Å². The molecule has 0 atom stereocenters. The van der Waals surface area contributed by atoms with Crippen molar-refractivity contribution in [2.24, 2.45) is 5.41 Å². The van der Waals surface area contributed by atoms with Crippen molar-refractivity contribution in [2.75, 3.05) is 27.3 Å². The van der Waals surface area contributed by atoms with Crippen LogP contribution in [0.2, 0.25) is 0 Å². The first-order valence-corrected chi connectivity index (χ1v) is 7.44. The van der Waals surface area contributed by atoms with Crippen molar-refractivity contribution >= 4 is 0 Å². The first-order valence-electron chi connectivity index (χ1n) is 7.44. The number of ether oxygens (including phenoxy) is 2. The van der Waals surface area contributed by atoms with Crippen LogP contribution < -0.4 is 14.8 Å². The van der Waals surface area contributed by atoms with Crippen LogP contribution in [0.1, 0.15) is 39.2 Å². The number of hydrogen-bond acceptors (Lipinski definition) is 3. The maximum Gasteiger partial charge on any atom is 0.160 e. The van der Waals surface area contributed by atoms with Gasteiger partial charge in [0.15, 0.2) is 11.5 Å². The van der Waals surface area contributed by atoms with Crippen LogP contribution in [0.15, 0.2) is 18.2 Å². The van der Waals surface area contributed by atoms with E-state index in [1.54, 1.807) is 14.2 Å². The summed E-state index contributed by atoms with van der Waals surface area (Å²) in [5.41, 5.74) is 1.61. The van der Waals surface area contributed by atoms with Gasteiger partial charge in [0.1, 0.15) is 0 Å². The maximum absolute atomic E-state index is 5.35. The molecule has 0 radical (unpaired) electrons. The minimum Gasteiger partial charge on any atom is -0.493 e. The Morgan fingerprint density at radius 2 is 1.80 bits per heavy atom. The molecule has 0 spiro atoms. The molecule has 3 nitrogen and oxygen atoms in total. The van der Waals surface area contributed by atoms with E-state index in [-0.39, 0.29) is 0 Å². The van der Waals surface area contributed by atoms with E-state index < -0.39 is 0 Å². The lowest BCUT2D eigenvalue weighted by Gasteiger charge is -2.25. The van der Waals surface area contributed by atoms with Gasteiger partial charge in [-0.25, -0.2) is 0 Å². The molecule has 1 aromatic carbocycles. The number of aryl methyl sites for hydroxylation is 1. The molecular formula is C17H29NO2. The van der Waals surface area contributed by atoms with Gasteiger partial charge in [0.05, 0.1) is 14.2 Å². The van der Waals surface area contributed by atoms with Gasteiger partial charge in [0.2, 0.25) is 0 Å². The van der Waals surface area contributed by atoms with Crippen LogP contribution in [0.5, 0.6) is 11.5 Å². The molecule has 0 aliphatic carbocycles. The van der Waals surface area contributed by atoms with Crippen LogP contribution in [-0.2, 0) is 6.42 Å². The van der Waals surface area contributed by atoms with Crippen LogP contribution in [0, 0.1) is 5.41 Å². The minimum absolute atomic E-state index is 0.308. The molecule has 0 amide bonds. The Morgan fingerprint density at radius 3 is 2.40 bits per heavy atom. The normalized spacial score (nSPS) is 11.4. The molecule has 0 aliphatic rings. The van der Waals surface area contributed by atoms with E-state index in [4.69, 9.17) is 9.47 Å². The molecule has 3 heteroatoms. The third-order valence-electron chi connectivity index (χ3n) is 3.57. The third kappa shape index (κ3) is 5.41. The van der Waals surface area contributed by atoms with Crippen molar-refractivity contribution in [1.82, 2.24) is 5.32 Å². The summed E-state index contributed by atoms with van der Waals surface area (Å²) in [5.74, 6) is 1.60. The summed E-state index contributed by atoms with van der Waals surface area (Å²) in [4.78, 5) is 0. The zero-order chi connectivity index (χ0) is 15.0. The zero-order valence-electron chi connectivity index (χ0n) is 13.6. The Balaban J connectivity index is 2.56. The third-order valence-corrected chi connectivity index (χ3v) is 3.57. The van der Waals surface area contributed by atoms with E-state index in [0.29, 0.717) is 5.41 Å². The molecular weight excluding hydrogens is 250 g/mol. The topological polar surface area (TPSA) is 30.5 Å². The highest BCUT2D eigenvalue weighted by atomic mass is 16.5. The first-order chi connectivity index (χ1) is 9.52. The fourth-order valence-corrected chi connectivity index (χ4v) is 2.21. The lowest BCUT2D eigenvalue weighted by molar-refractivity contribution is 0.314. The van der Waals surface area contributed by atoms with Crippen molar-refractivity contribution in [3.05, 3.63) is 23.8 Å². The van der Waals surface area contributed by atoms with E-state index in [1.165, 1.54) is 12.0 Å². The smallest absolute Gasteiger partial charge is 0.160 e. The molecule has 0 bridgehead atoms. The molecule has 0 saturated heterocycles. The molecule has 1 aromatic rings. The van der Waals surface area contributed by atoms with Gasteiger partial charge in [-0.05, 0) is 48.9 Å². The predicted octanol–water partition coefficient (Wildman–Crippen LogP) is 3.66. The van der Waals surface area contributed by atoms with E-state index in [0.717, 1.165) is 37.4 Å². The second-order valence-electron chi connectivity index (χ2n) is 6.03. The van der Waals surface area contributed by atoms with Gasteiger partial charge in [-0.15, -0.1) is 0 Å². The summed E-state index contributed by atoms with van der Waals surface area (Å²) < 4.78 is 10.6. The fraction of sp³-hybridized carbons (Fsp3) is 0.647. The lowest BCUT2D eigenvalue weighted by atomic mass is 9.86. The Bertz CT molecular complexity index is 402. The average Bonchev–Trinajstić information content (AvgIpc) is 2.45. The average molecular weight is 279 g/mol. The summed E-state index contributed by atoms with van der Waals surface area (Å²) in [6, 6.07) is 6.18. The van der Waals surface area contributed by atoms with Gasteiger partial charge in [-0.1, -0.05) is 26.8 Å². The minimum atomic E-state index is 0.308. The number of nitrogens with one attached hydrogen (secondary N) is 1. The van der Waals surface area contributed by atoms with Crippen molar-refractivity contribution in [3.63, 3.8) is 0 Å². The predicted molar refractivity (Wildman–Crippen MR) is 84.8 cm³/mol. The highest BCUT2D eigenvalue weighted by Gasteiger charge is 2.17. The lowest BCUT2D eigenvalue weighted by Crippen LogP contribution is -2.30. The number of hydrogen-bond donors (Lipinski definition) is 1. The molecule has 1 rings (SSSR count). The molecule has 0 fully saturated rings. The Hall–Kier alpha value is -1.22. The van der Waals surface area contributed by atoms with Crippen LogP contribution in [-0.4, -0.2) is 27.3 Å². The van der Waals surface area contributed by atoms with Crippen molar-refractivity contribution in [3.8, 4) is 11.5 Å². The van der Waals surface area contributed by atoms with Gasteiger partial charge in [-0.2, -0.15) is 0 Å². The number of benzene rings is 1. The van der Waals surface area contributed by atoms with E-state index in [9.17, 15) is 0 Å². The Morgan fingerprint density at radius 1 is 1.10 bits per heavy atom. The zero-order valence-corrected chi connectivity index (χ0v) is 13.6. The molecule has 0 aromatic heterocycles. The number of rotatable bonds is 9. The van der Waals surface area contributed by atoms with Crippen molar-refractivity contribution in [2.45, 2.75) is 40.0 Å². The molecule has 0 heterocycles. The van der Waals surface area contributed by atoms with Gasteiger partial charge in [0, 0.05) is 6.54 Å². The summed E-state index contributed by atoms with van der Waals surface area (Å²) in [5, 5.41) is 3.51. The van der Waals surface area contributed by atoms with E-state index in [2.05, 4.69) is 38.2 Å². The largest absolute Gasteiger partial charge is 0.493 e. The molecule has 20 heavy (non-hydrogen) atoms. The van der Waals surface area contributed by atoms with E-state index in [1.807, 2.05) is 6.07 Å². The molecule has 0 aliphatic heterocycles. The van der Waals surface area contributed by atoms with Gasteiger partial charge in [0.25, 0.3) is 0 Å². The Labute approximate surface area is 123 Å². The van der Waals surface area contributed by atoms with Crippen LogP contribution in [0.25, 0.3) is 0 Å². The fourth-order valence-electron chi connectivity index (χ4n) is 2.21. The number of methoxy groups -OCH3 is 2. The van der Waals surface area contributed by atoms with Crippen LogP contribution >= 0.6 is 0 Å². The highest BCUT2D eigenvalue weighted by Crippen LogP contribution is 2.29. The van der Waals surface area contributed by atoms with E-state index >= 15 is 0 Å². The summed E-state index contributed by atoms with van der Waals surface area (Å²) in [6.07, 6.45) is 3.39. The first kappa shape index (κ1) is 16.8. The molecule has 114 valence electrons. The second-order valence-corrected chi connectivity index (χ2v) is 6.03. The molecule has 1 N–H and O–H groups in total. The summed E-state index contributed by atoms with van der Waals surface area (Å²) in [6.45, 7) is 8.99. The SMILES string of the molecule is CCCNCC(C)(C)CCc1ccc(OC)c(OC)c1. The van der Waals surface area contributed by atoms with Crippen LogP contribution in [0.3, 0.4) is 0 Å². The van der Waals surface area contributed by atoms with Gasteiger partial charge >= 0.3 is 0 Å². The monoisotopic (exact) mass is 279 g/mol. The highest BCUT2D eigenvalue weighted by molar-refractivity contribution is 5.42. The summed E-state index contributed by atoms with van der Waals surface area (Å²) in [7, 11) is 3.35. The Kier molecular flexibility index (Phi) is 6.86. The standard InChI is InChI=1S/C17H29NO2/c1-6-11-18-13-17(2,3)10-9-14-7-8-15(19-4)16(12-14)20-5/h7-8,12,18H,6,9-11,13H2,1-5H3. The second kappa shape index (κ2) is 8.15. The summed E-state index contributed by atoms with van der Waals surface area (Å²) >= 11 is 0. The van der Waals surface area contributed by atoms with Crippen molar-refractivity contribution in [1.29, 1.82) is 0 Å². The van der Waals surface area contributed by atoms with Crippen LogP contribution in [0.4, 0.5) is 0 Å². The molecule has 0 saturated carbocycles. The van der Waals surface area contributed by atoms with Crippen molar-refractivity contribution < 1.29 is 9.47 Å². The van der Waals surface area contributed by atoms with Gasteiger partial charge < -0.3 is 14.8 Å². The quantitative estimate of drug-likeness (QED) is 0.700.